The first-order valence-corrected chi connectivity index (χ1v) is 9.93. The summed E-state index contributed by atoms with van der Waals surface area (Å²) in [5, 5.41) is 9.47. The molecule has 0 radical (unpaired) electrons. The molecule has 0 aliphatic rings. The second-order valence-electron chi connectivity index (χ2n) is 6.42. The third kappa shape index (κ3) is 5.13. The SMILES string of the molecule is Cc1ccc(N(Cc2cc(=O)c(OCc3ccccc3)c(C(=O)O)o2)S(=O)O)cc1. The van der Waals surface area contributed by atoms with Gasteiger partial charge in [0.25, 0.3) is 17.0 Å². The molecule has 0 saturated heterocycles. The van der Waals surface area contributed by atoms with Gasteiger partial charge in [0.15, 0.2) is 0 Å². The van der Waals surface area contributed by atoms with Gasteiger partial charge in [0.1, 0.15) is 12.4 Å². The zero-order valence-electron chi connectivity index (χ0n) is 16.0. The van der Waals surface area contributed by atoms with Crippen molar-refractivity contribution in [3.8, 4) is 5.75 Å². The molecule has 3 rings (SSSR count). The maximum atomic E-state index is 12.5. The molecule has 0 aliphatic carbocycles. The lowest BCUT2D eigenvalue weighted by Crippen LogP contribution is -2.25. The molecule has 1 atom stereocenters. The fourth-order valence-electron chi connectivity index (χ4n) is 2.70. The van der Waals surface area contributed by atoms with E-state index in [1.807, 2.05) is 13.0 Å². The highest BCUT2D eigenvalue weighted by molar-refractivity contribution is 7.80. The highest BCUT2D eigenvalue weighted by atomic mass is 32.2. The summed E-state index contributed by atoms with van der Waals surface area (Å²) in [4.78, 5) is 24.1. The van der Waals surface area contributed by atoms with Crippen LogP contribution in [0.15, 0.2) is 69.9 Å². The number of hydrogen-bond donors (Lipinski definition) is 2. The van der Waals surface area contributed by atoms with Gasteiger partial charge < -0.3 is 14.3 Å². The first-order chi connectivity index (χ1) is 14.3. The van der Waals surface area contributed by atoms with Gasteiger partial charge in [-0.3, -0.25) is 13.7 Å². The number of carboxylic acids is 1. The molecule has 1 unspecified atom stereocenters. The minimum Gasteiger partial charge on any atom is -0.481 e. The van der Waals surface area contributed by atoms with E-state index in [4.69, 9.17) is 9.15 Å². The van der Waals surface area contributed by atoms with E-state index in [0.29, 0.717) is 5.69 Å². The Labute approximate surface area is 174 Å². The van der Waals surface area contributed by atoms with Crippen LogP contribution in [0.3, 0.4) is 0 Å². The number of aryl methyl sites for hydroxylation is 1. The molecule has 1 heterocycles. The number of anilines is 1. The summed E-state index contributed by atoms with van der Waals surface area (Å²) in [6, 6.07) is 16.8. The van der Waals surface area contributed by atoms with E-state index in [0.717, 1.165) is 21.5 Å². The zero-order valence-corrected chi connectivity index (χ0v) is 16.8. The van der Waals surface area contributed by atoms with E-state index >= 15 is 0 Å². The first kappa shape index (κ1) is 21.3. The van der Waals surface area contributed by atoms with Crippen molar-refractivity contribution >= 4 is 22.9 Å². The van der Waals surface area contributed by atoms with Crippen LogP contribution in [-0.4, -0.2) is 19.8 Å². The van der Waals surface area contributed by atoms with E-state index in [1.54, 1.807) is 48.5 Å². The number of aromatic carboxylic acids is 1. The second-order valence-corrected chi connectivity index (χ2v) is 7.32. The average Bonchev–Trinajstić information content (AvgIpc) is 2.72. The van der Waals surface area contributed by atoms with Crippen LogP contribution in [0.1, 0.15) is 27.4 Å². The highest BCUT2D eigenvalue weighted by Gasteiger charge is 2.23. The molecule has 9 heteroatoms. The van der Waals surface area contributed by atoms with E-state index in [-0.39, 0.29) is 18.9 Å². The number of ether oxygens (including phenoxy) is 1. The van der Waals surface area contributed by atoms with Crippen LogP contribution in [-0.2, 0) is 24.4 Å². The van der Waals surface area contributed by atoms with Crippen LogP contribution >= 0.6 is 0 Å². The number of hydrogen-bond acceptors (Lipinski definition) is 5. The first-order valence-electron chi connectivity index (χ1n) is 8.87. The van der Waals surface area contributed by atoms with Gasteiger partial charge in [0.2, 0.25) is 11.2 Å². The molecule has 30 heavy (non-hydrogen) atoms. The van der Waals surface area contributed by atoms with Crippen molar-refractivity contribution in [1.82, 2.24) is 0 Å². The Balaban J connectivity index is 1.90. The molecule has 1 aromatic heterocycles. The predicted molar refractivity (Wildman–Crippen MR) is 111 cm³/mol. The minimum atomic E-state index is -2.43. The Bertz CT molecular complexity index is 1110. The van der Waals surface area contributed by atoms with Crippen molar-refractivity contribution < 1.29 is 27.8 Å². The molecule has 156 valence electrons. The number of rotatable bonds is 8. The summed E-state index contributed by atoms with van der Waals surface area (Å²) < 4.78 is 33.3. The van der Waals surface area contributed by atoms with E-state index in [9.17, 15) is 23.5 Å². The van der Waals surface area contributed by atoms with Gasteiger partial charge in [-0.05, 0) is 24.6 Å². The van der Waals surface area contributed by atoms with Crippen molar-refractivity contribution in [2.45, 2.75) is 20.1 Å². The van der Waals surface area contributed by atoms with Gasteiger partial charge in [-0.2, -0.15) is 0 Å². The minimum absolute atomic E-state index is 0.0125. The van der Waals surface area contributed by atoms with Crippen LogP contribution in [0.4, 0.5) is 5.69 Å². The fraction of sp³-hybridized carbons (Fsp3) is 0.143. The molecule has 0 spiro atoms. The monoisotopic (exact) mass is 429 g/mol. The zero-order chi connectivity index (χ0) is 21.7. The lowest BCUT2D eigenvalue weighted by Gasteiger charge is -2.20. The average molecular weight is 429 g/mol. The quantitative estimate of drug-likeness (QED) is 0.527. The normalized spacial score (nSPS) is 11.7. The van der Waals surface area contributed by atoms with Crippen LogP contribution < -0.4 is 14.5 Å². The second kappa shape index (κ2) is 9.38. The van der Waals surface area contributed by atoms with Crippen LogP contribution in [0, 0.1) is 6.92 Å². The van der Waals surface area contributed by atoms with Crippen molar-refractivity contribution in [1.29, 1.82) is 0 Å². The maximum Gasteiger partial charge on any atom is 0.375 e. The van der Waals surface area contributed by atoms with E-state index < -0.39 is 34.2 Å². The topological polar surface area (TPSA) is 117 Å². The Hall–Kier alpha value is -3.43. The smallest absolute Gasteiger partial charge is 0.375 e. The summed E-state index contributed by atoms with van der Waals surface area (Å²) in [6.07, 6.45) is 0. The Morgan fingerprint density at radius 3 is 2.40 bits per heavy atom. The van der Waals surface area contributed by atoms with Crippen molar-refractivity contribution in [2.24, 2.45) is 0 Å². The molecule has 0 fully saturated rings. The van der Waals surface area contributed by atoms with Gasteiger partial charge >= 0.3 is 5.97 Å². The third-order valence-electron chi connectivity index (χ3n) is 4.19. The summed E-state index contributed by atoms with van der Waals surface area (Å²) in [7, 11) is 0. The van der Waals surface area contributed by atoms with Gasteiger partial charge in [-0.25, -0.2) is 9.00 Å². The van der Waals surface area contributed by atoms with Crippen LogP contribution in [0.25, 0.3) is 0 Å². The van der Waals surface area contributed by atoms with Crippen molar-refractivity contribution in [3.63, 3.8) is 0 Å². The fourth-order valence-corrected chi connectivity index (χ4v) is 3.24. The molecule has 3 aromatic rings. The lowest BCUT2D eigenvalue weighted by atomic mass is 10.2. The van der Waals surface area contributed by atoms with Crippen molar-refractivity contribution in [3.05, 3.63) is 93.5 Å². The standard InChI is InChI=1S/C21H19NO7S/c1-14-7-9-16(10-8-14)22(30(26)27)12-17-11-18(23)19(20(29-17)21(24)25)28-13-15-5-3-2-4-6-15/h2-11H,12-13H2,1H3,(H,24,25)(H,26,27). The number of carboxylic acid groups (broad SMARTS) is 1. The number of nitrogens with zero attached hydrogens (tertiary/aromatic N) is 1. The summed E-state index contributed by atoms with van der Waals surface area (Å²) in [5.41, 5.74) is 1.42. The number of carbonyl (C=O) groups is 1. The predicted octanol–water partition coefficient (Wildman–Crippen LogP) is 3.37. The van der Waals surface area contributed by atoms with Gasteiger partial charge in [0.05, 0.1) is 12.2 Å². The van der Waals surface area contributed by atoms with Gasteiger partial charge in [-0.15, -0.1) is 0 Å². The highest BCUT2D eigenvalue weighted by Crippen LogP contribution is 2.22. The van der Waals surface area contributed by atoms with Crippen LogP contribution in [0.2, 0.25) is 0 Å². The molecule has 0 saturated carbocycles. The molecule has 0 aliphatic heterocycles. The Kier molecular flexibility index (Phi) is 6.65. The van der Waals surface area contributed by atoms with E-state index in [1.165, 1.54) is 0 Å². The third-order valence-corrected chi connectivity index (χ3v) is 4.90. The molecular weight excluding hydrogens is 410 g/mol. The van der Waals surface area contributed by atoms with E-state index in [2.05, 4.69) is 0 Å². The van der Waals surface area contributed by atoms with Crippen LogP contribution in [0.5, 0.6) is 5.75 Å². The van der Waals surface area contributed by atoms with Gasteiger partial charge in [-0.1, -0.05) is 48.0 Å². The largest absolute Gasteiger partial charge is 0.481 e. The molecule has 0 amide bonds. The maximum absolute atomic E-state index is 12.5. The molecule has 2 aromatic carbocycles. The lowest BCUT2D eigenvalue weighted by molar-refractivity contribution is 0.0647. The molecule has 2 N–H and O–H groups in total. The molecular formula is C21H19NO7S. The van der Waals surface area contributed by atoms with Crippen molar-refractivity contribution in [2.75, 3.05) is 4.31 Å². The molecule has 0 bridgehead atoms. The summed E-state index contributed by atoms with van der Waals surface area (Å²) >= 11 is -2.43. The Morgan fingerprint density at radius 1 is 1.13 bits per heavy atom. The summed E-state index contributed by atoms with van der Waals surface area (Å²) in [6.45, 7) is 1.57. The molecule has 8 nitrogen and oxygen atoms in total. The summed E-state index contributed by atoms with van der Waals surface area (Å²) in [5.74, 6) is -2.67. The number of benzene rings is 2. The Morgan fingerprint density at radius 2 is 1.80 bits per heavy atom. The van der Waals surface area contributed by atoms with Gasteiger partial charge in [0, 0.05) is 6.07 Å².